The van der Waals surface area contributed by atoms with Crippen LogP contribution in [0.1, 0.15) is 18.1 Å². The minimum atomic E-state index is 0.240. The average Bonchev–Trinajstić information content (AvgIpc) is 2.44. The average molecular weight is 399 g/mol. The predicted octanol–water partition coefficient (Wildman–Crippen LogP) is 5.12. The van der Waals surface area contributed by atoms with Crippen LogP contribution in [0.15, 0.2) is 45.3 Å². The van der Waals surface area contributed by atoms with Gasteiger partial charge in [0.15, 0.2) is 0 Å². The Morgan fingerprint density at radius 2 is 1.55 bits per heavy atom. The number of hydrogen-bond acceptors (Lipinski definition) is 2. The molecule has 4 heteroatoms. The summed E-state index contributed by atoms with van der Waals surface area (Å²) in [4.78, 5) is 2.19. The molecule has 0 radical (unpaired) electrons. The van der Waals surface area contributed by atoms with Gasteiger partial charge < -0.3 is 10.0 Å². The zero-order valence-corrected chi connectivity index (χ0v) is 14.7. The van der Waals surface area contributed by atoms with E-state index in [9.17, 15) is 5.11 Å². The summed E-state index contributed by atoms with van der Waals surface area (Å²) in [7, 11) is 2.07. The summed E-state index contributed by atoms with van der Waals surface area (Å²) in [6, 6.07) is 12.5. The van der Waals surface area contributed by atoms with Gasteiger partial charge in [0, 0.05) is 19.3 Å². The van der Waals surface area contributed by atoms with Crippen LogP contribution >= 0.6 is 31.9 Å². The van der Waals surface area contributed by atoms with Crippen molar-refractivity contribution < 1.29 is 5.11 Å². The minimum Gasteiger partial charge on any atom is -0.506 e. The Morgan fingerprint density at radius 3 is 2.05 bits per heavy atom. The van der Waals surface area contributed by atoms with Crippen LogP contribution in [0.25, 0.3) is 0 Å². The van der Waals surface area contributed by atoms with Crippen LogP contribution in [0.5, 0.6) is 5.75 Å². The van der Waals surface area contributed by atoms with E-state index < -0.39 is 0 Å². The van der Waals surface area contributed by atoms with E-state index in [0.717, 1.165) is 18.5 Å². The second-order valence-electron chi connectivity index (χ2n) is 4.78. The maximum Gasteiger partial charge on any atom is 0.143 e. The fourth-order valence-corrected chi connectivity index (χ4v) is 3.34. The molecular weight excluding hydrogens is 382 g/mol. The Labute approximate surface area is 136 Å². The molecule has 0 aliphatic carbocycles. The van der Waals surface area contributed by atoms with Crippen molar-refractivity contribution in [3.05, 3.63) is 56.5 Å². The number of aromatic hydroxyl groups is 1. The van der Waals surface area contributed by atoms with Crippen LogP contribution in [-0.2, 0) is 13.0 Å². The van der Waals surface area contributed by atoms with E-state index in [0.29, 0.717) is 8.95 Å². The fourth-order valence-electron chi connectivity index (χ4n) is 2.06. The molecule has 106 valence electrons. The molecule has 0 aliphatic heterocycles. The number of phenols is 1. The Hall–Kier alpha value is -1.000. The van der Waals surface area contributed by atoms with Crippen LogP contribution < -0.4 is 4.90 Å². The van der Waals surface area contributed by atoms with Gasteiger partial charge in [-0.1, -0.05) is 19.1 Å². The first-order valence-corrected chi connectivity index (χ1v) is 8.06. The standard InChI is InChI=1S/C16H17Br2NO/c1-3-11-4-6-13(7-5-11)19(2)10-12-8-14(17)16(20)15(18)9-12/h4-9,20H,3,10H2,1-2H3. The highest BCUT2D eigenvalue weighted by Crippen LogP contribution is 2.33. The van der Waals surface area contributed by atoms with Crippen LogP contribution in [0, 0.1) is 0 Å². The molecule has 0 saturated heterocycles. The molecule has 0 bridgehead atoms. The summed E-state index contributed by atoms with van der Waals surface area (Å²) in [5.41, 5.74) is 3.66. The monoisotopic (exact) mass is 397 g/mol. The van der Waals surface area contributed by atoms with E-state index in [1.54, 1.807) is 0 Å². The van der Waals surface area contributed by atoms with Crippen molar-refractivity contribution in [3.8, 4) is 5.75 Å². The quantitative estimate of drug-likeness (QED) is 0.772. The first-order chi connectivity index (χ1) is 9.51. The van der Waals surface area contributed by atoms with E-state index >= 15 is 0 Å². The van der Waals surface area contributed by atoms with Gasteiger partial charge in [-0.2, -0.15) is 0 Å². The minimum absolute atomic E-state index is 0.240. The zero-order valence-electron chi connectivity index (χ0n) is 11.5. The lowest BCUT2D eigenvalue weighted by Crippen LogP contribution is -2.16. The molecule has 2 aromatic rings. The van der Waals surface area contributed by atoms with Crippen LogP contribution in [0.3, 0.4) is 0 Å². The molecule has 0 amide bonds. The zero-order chi connectivity index (χ0) is 14.7. The van der Waals surface area contributed by atoms with Gasteiger partial charge in [0.25, 0.3) is 0 Å². The molecule has 0 atom stereocenters. The number of benzene rings is 2. The van der Waals surface area contributed by atoms with Crippen LogP contribution in [-0.4, -0.2) is 12.2 Å². The first-order valence-electron chi connectivity index (χ1n) is 6.48. The largest absolute Gasteiger partial charge is 0.506 e. The number of aryl methyl sites for hydroxylation is 1. The topological polar surface area (TPSA) is 23.5 Å². The molecule has 0 saturated carbocycles. The second-order valence-corrected chi connectivity index (χ2v) is 6.49. The lowest BCUT2D eigenvalue weighted by atomic mass is 10.1. The normalized spacial score (nSPS) is 10.6. The number of nitrogens with zero attached hydrogens (tertiary/aromatic N) is 1. The van der Waals surface area contributed by atoms with Gasteiger partial charge in [0.05, 0.1) is 8.95 Å². The Kier molecular flexibility index (Phi) is 5.11. The van der Waals surface area contributed by atoms with Crippen molar-refractivity contribution in [1.29, 1.82) is 0 Å². The van der Waals surface area contributed by atoms with Crippen LogP contribution in [0.2, 0.25) is 0 Å². The maximum absolute atomic E-state index is 9.73. The van der Waals surface area contributed by atoms with Gasteiger partial charge in [-0.15, -0.1) is 0 Å². The molecule has 20 heavy (non-hydrogen) atoms. The second kappa shape index (κ2) is 6.64. The van der Waals surface area contributed by atoms with Crippen molar-refractivity contribution >= 4 is 37.5 Å². The molecule has 0 aliphatic rings. The molecule has 2 aromatic carbocycles. The fraction of sp³-hybridized carbons (Fsp3) is 0.250. The molecule has 2 nitrogen and oxygen atoms in total. The number of rotatable bonds is 4. The Balaban J connectivity index is 2.16. The number of anilines is 1. The van der Waals surface area contributed by atoms with Gasteiger partial charge >= 0.3 is 0 Å². The van der Waals surface area contributed by atoms with E-state index in [-0.39, 0.29) is 5.75 Å². The van der Waals surface area contributed by atoms with Crippen molar-refractivity contribution in [1.82, 2.24) is 0 Å². The van der Waals surface area contributed by atoms with Gasteiger partial charge in [-0.3, -0.25) is 0 Å². The van der Waals surface area contributed by atoms with Gasteiger partial charge in [-0.25, -0.2) is 0 Å². The predicted molar refractivity (Wildman–Crippen MR) is 91.4 cm³/mol. The van der Waals surface area contributed by atoms with Gasteiger partial charge in [0.2, 0.25) is 0 Å². The molecule has 0 aromatic heterocycles. The summed E-state index contributed by atoms with van der Waals surface area (Å²) in [6.07, 6.45) is 1.06. The molecular formula is C16H17Br2NO. The first kappa shape index (κ1) is 15.4. The van der Waals surface area contributed by atoms with E-state index in [1.165, 1.54) is 11.3 Å². The Bertz CT molecular complexity index is 573. The number of hydrogen-bond donors (Lipinski definition) is 1. The molecule has 2 rings (SSSR count). The molecule has 1 N–H and O–H groups in total. The third-order valence-electron chi connectivity index (χ3n) is 3.28. The Morgan fingerprint density at radius 1 is 1.00 bits per heavy atom. The van der Waals surface area contributed by atoms with Crippen molar-refractivity contribution in [2.45, 2.75) is 19.9 Å². The van der Waals surface area contributed by atoms with E-state index in [4.69, 9.17) is 0 Å². The lowest BCUT2D eigenvalue weighted by molar-refractivity contribution is 0.468. The molecule has 0 heterocycles. The molecule has 0 spiro atoms. The highest BCUT2D eigenvalue weighted by Gasteiger charge is 2.08. The summed E-state index contributed by atoms with van der Waals surface area (Å²) in [5, 5.41) is 9.73. The van der Waals surface area contributed by atoms with Crippen molar-refractivity contribution in [2.24, 2.45) is 0 Å². The third-order valence-corrected chi connectivity index (χ3v) is 4.49. The number of halogens is 2. The third kappa shape index (κ3) is 3.55. The smallest absolute Gasteiger partial charge is 0.143 e. The van der Waals surface area contributed by atoms with E-state index in [1.807, 2.05) is 12.1 Å². The van der Waals surface area contributed by atoms with Gasteiger partial charge in [-0.05, 0) is 73.7 Å². The summed E-state index contributed by atoms with van der Waals surface area (Å²) < 4.78 is 1.41. The van der Waals surface area contributed by atoms with Crippen molar-refractivity contribution in [3.63, 3.8) is 0 Å². The number of phenolic OH excluding ortho intramolecular Hbond substituents is 1. The SMILES string of the molecule is CCc1ccc(N(C)Cc2cc(Br)c(O)c(Br)c2)cc1. The molecule has 0 fully saturated rings. The summed E-state index contributed by atoms with van der Waals surface area (Å²) in [5.74, 6) is 0.240. The highest BCUT2D eigenvalue weighted by molar-refractivity contribution is 9.11. The maximum atomic E-state index is 9.73. The van der Waals surface area contributed by atoms with E-state index in [2.05, 4.69) is 75.0 Å². The summed E-state index contributed by atoms with van der Waals surface area (Å²) in [6.45, 7) is 2.94. The lowest BCUT2D eigenvalue weighted by Gasteiger charge is -2.20. The molecule has 0 unspecified atom stereocenters. The van der Waals surface area contributed by atoms with Crippen LogP contribution in [0.4, 0.5) is 5.69 Å². The van der Waals surface area contributed by atoms with Gasteiger partial charge in [0.1, 0.15) is 5.75 Å². The summed E-state index contributed by atoms with van der Waals surface area (Å²) >= 11 is 6.73. The highest BCUT2D eigenvalue weighted by atomic mass is 79.9. The van der Waals surface area contributed by atoms with Crippen molar-refractivity contribution in [2.75, 3.05) is 11.9 Å².